The molecular formula is C19H19N3O. The molecule has 0 spiro atoms. The summed E-state index contributed by atoms with van der Waals surface area (Å²) in [6.45, 7) is 2.93. The lowest BCUT2D eigenvalue weighted by Gasteiger charge is -2.14. The lowest BCUT2D eigenvalue weighted by Crippen LogP contribution is -2.17. The second kappa shape index (κ2) is 7.51. The highest BCUT2D eigenvalue weighted by Gasteiger charge is 2.05. The van der Waals surface area contributed by atoms with Gasteiger partial charge in [0.05, 0.1) is 0 Å². The van der Waals surface area contributed by atoms with Crippen LogP contribution >= 0.6 is 0 Å². The third-order valence-corrected chi connectivity index (χ3v) is 3.56. The summed E-state index contributed by atoms with van der Waals surface area (Å²) >= 11 is 0. The fraction of sp³-hybridized carbons (Fsp3) is 0.158. The average molecular weight is 305 g/mol. The molecule has 0 radical (unpaired) electrons. The van der Waals surface area contributed by atoms with E-state index >= 15 is 0 Å². The van der Waals surface area contributed by atoms with E-state index in [1.807, 2.05) is 24.3 Å². The highest BCUT2D eigenvalue weighted by Crippen LogP contribution is 2.19. The number of benzene rings is 2. The molecule has 0 saturated carbocycles. The van der Waals surface area contributed by atoms with Gasteiger partial charge in [-0.2, -0.15) is 0 Å². The van der Waals surface area contributed by atoms with E-state index in [0.717, 1.165) is 17.9 Å². The number of rotatable bonds is 6. The maximum absolute atomic E-state index is 5.66. The zero-order valence-electron chi connectivity index (χ0n) is 13.0. The Balaban J connectivity index is 1.61. The number of hydrogen-bond acceptors (Lipinski definition) is 4. The molecule has 0 fully saturated rings. The Morgan fingerprint density at radius 2 is 1.74 bits per heavy atom. The van der Waals surface area contributed by atoms with Crippen LogP contribution in [0.4, 0.5) is 0 Å². The van der Waals surface area contributed by atoms with Crippen molar-refractivity contribution < 1.29 is 4.74 Å². The smallest absolute Gasteiger partial charge is 0.321 e. The quantitative estimate of drug-likeness (QED) is 0.744. The maximum atomic E-state index is 5.66. The number of ether oxygens (including phenoxy) is 1. The molecule has 4 heteroatoms. The Morgan fingerprint density at radius 3 is 2.52 bits per heavy atom. The summed E-state index contributed by atoms with van der Waals surface area (Å²) < 4.78 is 5.66. The molecule has 23 heavy (non-hydrogen) atoms. The minimum Gasteiger partial charge on any atom is -0.424 e. The van der Waals surface area contributed by atoms with Crippen molar-refractivity contribution in [1.82, 2.24) is 15.3 Å². The summed E-state index contributed by atoms with van der Waals surface area (Å²) in [5, 5.41) is 3.52. The van der Waals surface area contributed by atoms with Crippen molar-refractivity contribution in [3.8, 4) is 11.8 Å². The Labute approximate surface area is 136 Å². The van der Waals surface area contributed by atoms with Gasteiger partial charge in [0, 0.05) is 25.0 Å². The highest BCUT2D eigenvalue weighted by atomic mass is 16.5. The molecule has 0 aliphatic heterocycles. The molecule has 0 unspecified atom stereocenters. The minimum absolute atomic E-state index is 0.290. The van der Waals surface area contributed by atoms with Gasteiger partial charge in [0.2, 0.25) is 0 Å². The predicted octanol–water partition coefficient (Wildman–Crippen LogP) is 4.12. The van der Waals surface area contributed by atoms with Crippen LogP contribution in [0.2, 0.25) is 0 Å². The van der Waals surface area contributed by atoms with Gasteiger partial charge in [0.25, 0.3) is 0 Å². The molecule has 3 aromatic rings. The SMILES string of the molecule is C[C@H](NCc1cccc(Oc2ncccn2)c1)c1ccccc1. The fourth-order valence-electron chi connectivity index (χ4n) is 2.29. The number of aromatic nitrogens is 2. The first kappa shape index (κ1) is 15.2. The van der Waals surface area contributed by atoms with Crippen LogP contribution in [0.15, 0.2) is 73.1 Å². The molecule has 0 saturated heterocycles. The van der Waals surface area contributed by atoms with Crippen LogP contribution < -0.4 is 10.1 Å². The van der Waals surface area contributed by atoms with Crippen LogP contribution in [0.25, 0.3) is 0 Å². The van der Waals surface area contributed by atoms with Crippen molar-refractivity contribution in [3.63, 3.8) is 0 Å². The zero-order valence-corrected chi connectivity index (χ0v) is 13.0. The van der Waals surface area contributed by atoms with E-state index < -0.39 is 0 Å². The summed E-state index contributed by atoms with van der Waals surface area (Å²) in [4.78, 5) is 8.14. The highest BCUT2D eigenvalue weighted by molar-refractivity contribution is 5.30. The van der Waals surface area contributed by atoms with Crippen LogP contribution in [0.3, 0.4) is 0 Å². The third-order valence-electron chi connectivity index (χ3n) is 3.56. The minimum atomic E-state index is 0.290. The summed E-state index contributed by atoms with van der Waals surface area (Å²) in [6.07, 6.45) is 3.32. The lowest BCUT2D eigenvalue weighted by atomic mass is 10.1. The van der Waals surface area contributed by atoms with Gasteiger partial charge in [-0.1, -0.05) is 42.5 Å². The second-order valence-electron chi connectivity index (χ2n) is 5.29. The molecule has 1 aromatic heterocycles. The number of nitrogens with one attached hydrogen (secondary N) is 1. The summed E-state index contributed by atoms with van der Waals surface area (Å²) in [7, 11) is 0. The zero-order chi connectivity index (χ0) is 15.9. The molecular weight excluding hydrogens is 286 g/mol. The van der Waals surface area contributed by atoms with Crippen molar-refractivity contribution in [2.75, 3.05) is 0 Å². The van der Waals surface area contributed by atoms with Gasteiger partial charge < -0.3 is 10.1 Å². The topological polar surface area (TPSA) is 47.0 Å². The average Bonchev–Trinajstić information content (AvgIpc) is 2.62. The van der Waals surface area contributed by atoms with Crippen LogP contribution in [0, 0.1) is 0 Å². The maximum Gasteiger partial charge on any atom is 0.321 e. The lowest BCUT2D eigenvalue weighted by molar-refractivity contribution is 0.440. The molecule has 1 atom stereocenters. The Hall–Kier alpha value is -2.72. The van der Waals surface area contributed by atoms with Gasteiger partial charge in [-0.3, -0.25) is 0 Å². The first-order valence-corrected chi connectivity index (χ1v) is 7.63. The van der Waals surface area contributed by atoms with Gasteiger partial charge >= 0.3 is 6.01 Å². The van der Waals surface area contributed by atoms with E-state index in [9.17, 15) is 0 Å². The van der Waals surface area contributed by atoms with Gasteiger partial charge in [0.1, 0.15) is 5.75 Å². The predicted molar refractivity (Wildman–Crippen MR) is 90.2 cm³/mol. The van der Waals surface area contributed by atoms with E-state index in [1.54, 1.807) is 18.5 Å². The largest absolute Gasteiger partial charge is 0.424 e. The fourth-order valence-corrected chi connectivity index (χ4v) is 2.29. The third kappa shape index (κ3) is 4.37. The number of hydrogen-bond donors (Lipinski definition) is 1. The molecule has 0 amide bonds. The van der Waals surface area contributed by atoms with Crippen molar-refractivity contribution in [1.29, 1.82) is 0 Å². The summed E-state index contributed by atoms with van der Waals surface area (Å²) in [5.41, 5.74) is 2.43. The van der Waals surface area contributed by atoms with E-state index in [2.05, 4.69) is 52.5 Å². The van der Waals surface area contributed by atoms with E-state index in [4.69, 9.17) is 4.74 Å². The van der Waals surface area contributed by atoms with Gasteiger partial charge in [-0.25, -0.2) is 9.97 Å². The van der Waals surface area contributed by atoms with E-state index in [1.165, 1.54) is 5.56 Å². The molecule has 1 heterocycles. The Morgan fingerprint density at radius 1 is 0.957 bits per heavy atom. The Bertz CT molecular complexity index is 732. The summed E-state index contributed by atoms with van der Waals surface area (Å²) in [6, 6.07) is 20.8. The van der Waals surface area contributed by atoms with E-state index in [-0.39, 0.29) is 0 Å². The molecule has 0 aliphatic carbocycles. The molecule has 2 aromatic carbocycles. The normalized spacial score (nSPS) is 11.9. The van der Waals surface area contributed by atoms with Crippen LogP contribution in [-0.4, -0.2) is 9.97 Å². The molecule has 0 bridgehead atoms. The van der Waals surface area contributed by atoms with Crippen LogP contribution in [0.1, 0.15) is 24.1 Å². The van der Waals surface area contributed by atoms with E-state index in [0.29, 0.717) is 12.1 Å². The Kier molecular flexibility index (Phi) is 4.96. The van der Waals surface area contributed by atoms with Crippen molar-refractivity contribution in [2.24, 2.45) is 0 Å². The van der Waals surface area contributed by atoms with Crippen LogP contribution in [0.5, 0.6) is 11.8 Å². The van der Waals surface area contributed by atoms with Crippen molar-refractivity contribution >= 4 is 0 Å². The number of nitrogens with zero attached hydrogens (tertiary/aromatic N) is 2. The molecule has 0 aliphatic rings. The molecule has 1 N–H and O–H groups in total. The molecule has 116 valence electrons. The molecule has 3 rings (SSSR count). The first-order chi connectivity index (χ1) is 11.3. The first-order valence-electron chi connectivity index (χ1n) is 7.63. The van der Waals surface area contributed by atoms with Crippen molar-refractivity contribution in [2.45, 2.75) is 19.5 Å². The van der Waals surface area contributed by atoms with Crippen molar-refractivity contribution in [3.05, 3.63) is 84.2 Å². The van der Waals surface area contributed by atoms with Gasteiger partial charge in [-0.15, -0.1) is 0 Å². The second-order valence-corrected chi connectivity index (χ2v) is 5.29. The van der Waals surface area contributed by atoms with Gasteiger partial charge in [0.15, 0.2) is 0 Å². The van der Waals surface area contributed by atoms with Crippen LogP contribution in [-0.2, 0) is 6.54 Å². The summed E-state index contributed by atoms with van der Waals surface area (Å²) in [5.74, 6) is 0.739. The molecule has 4 nitrogen and oxygen atoms in total. The van der Waals surface area contributed by atoms with Gasteiger partial charge in [-0.05, 0) is 36.2 Å². The standard InChI is InChI=1S/C19H19N3O/c1-15(17-8-3-2-4-9-17)22-14-16-7-5-10-18(13-16)23-19-20-11-6-12-21-19/h2-13,15,22H,14H2,1H3/t15-/m0/s1. The monoisotopic (exact) mass is 305 g/mol.